The zero-order chi connectivity index (χ0) is 38.2. The molecular weight excluding hydrogens is 649 g/mol. The molecule has 0 N–H and O–H groups in total. The van der Waals surface area contributed by atoms with Crippen molar-refractivity contribution in [1.82, 2.24) is 0 Å². The molecule has 5 atom stereocenters. The Morgan fingerprint density at radius 3 is 1.85 bits per heavy atom. The SMILES string of the molecule is CCCC1(Cc2ccccc2)C(C2(C)C=CC=C(C)C2)=C(C2(C)C=CC(C)=CC2)C(C2(C)C=CC=CC2C)=C(CC)C1(c1ccccc1)c1ccccc1. The average molecular weight is 711 g/mol. The van der Waals surface area contributed by atoms with Crippen LogP contribution in [0.4, 0.5) is 0 Å². The van der Waals surface area contributed by atoms with E-state index in [-0.39, 0.29) is 21.7 Å². The summed E-state index contributed by atoms with van der Waals surface area (Å²) < 4.78 is 0. The van der Waals surface area contributed by atoms with E-state index in [9.17, 15) is 0 Å². The third-order valence-electron chi connectivity index (χ3n) is 13.9. The summed E-state index contributed by atoms with van der Waals surface area (Å²) in [6.07, 6.45) is 30.5. The first-order valence-electron chi connectivity index (χ1n) is 20.7. The summed E-state index contributed by atoms with van der Waals surface area (Å²) >= 11 is 0. The van der Waals surface area contributed by atoms with Crippen LogP contribution in [0.5, 0.6) is 0 Å². The van der Waals surface area contributed by atoms with Gasteiger partial charge in [-0.3, -0.25) is 0 Å². The predicted molar refractivity (Wildman–Crippen MR) is 232 cm³/mol. The lowest BCUT2D eigenvalue weighted by Gasteiger charge is -2.64. The number of allylic oxidation sites excluding steroid dienone is 16. The monoisotopic (exact) mass is 710 g/mol. The fourth-order valence-electron chi connectivity index (χ4n) is 11.5. The zero-order valence-corrected chi connectivity index (χ0v) is 34.3. The van der Waals surface area contributed by atoms with E-state index >= 15 is 0 Å². The van der Waals surface area contributed by atoms with Crippen molar-refractivity contribution in [1.29, 1.82) is 0 Å². The van der Waals surface area contributed by atoms with E-state index in [1.54, 1.807) is 22.3 Å². The molecular formula is C54H62. The molecule has 0 saturated carbocycles. The third-order valence-corrected chi connectivity index (χ3v) is 13.9. The molecule has 5 unspecified atom stereocenters. The summed E-state index contributed by atoms with van der Waals surface area (Å²) in [6.45, 7) is 19.7. The van der Waals surface area contributed by atoms with Gasteiger partial charge in [0.15, 0.2) is 0 Å². The predicted octanol–water partition coefficient (Wildman–Crippen LogP) is 14.6. The Hall–Kier alpha value is -4.42. The Bertz CT molecular complexity index is 2050. The number of benzene rings is 3. The maximum Gasteiger partial charge on any atom is 0.0514 e. The molecule has 4 aliphatic carbocycles. The molecule has 4 aliphatic rings. The van der Waals surface area contributed by atoms with Gasteiger partial charge in [0.2, 0.25) is 0 Å². The van der Waals surface area contributed by atoms with Gasteiger partial charge in [0.25, 0.3) is 0 Å². The fourth-order valence-corrected chi connectivity index (χ4v) is 11.5. The molecule has 3 aromatic rings. The Labute approximate surface area is 327 Å². The van der Waals surface area contributed by atoms with E-state index in [0.717, 1.165) is 38.5 Å². The van der Waals surface area contributed by atoms with Crippen molar-refractivity contribution in [2.45, 2.75) is 99.3 Å². The number of hydrogen-bond acceptors (Lipinski definition) is 0. The molecule has 0 nitrogen and oxygen atoms in total. The molecule has 3 aromatic carbocycles. The van der Waals surface area contributed by atoms with Gasteiger partial charge in [0.1, 0.15) is 0 Å². The third kappa shape index (κ3) is 5.96. The van der Waals surface area contributed by atoms with Crippen LogP contribution in [0.25, 0.3) is 0 Å². The maximum absolute atomic E-state index is 2.60. The molecule has 7 rings (SSSR count). The van der Waals surface area contributed by atoms with Gasteiger partial charge < -0.3 is 0 Å². The molecule has 0 amide bonds. The highest BCUT2D eigenvalue weighted by Gasteiger charge is 2.65. The number of rotatable bonds is 10. The van der Waals surface area contributed by atoms with Gasteiger partial charge in [-0.2, -0.15) is 0 Å². The van der Waals surface area contributed by atoms with Gasteiger partial charge in [0, 0.05) is 21.7 Å². The van der Waals surface area contributed by atoms with Crippen molar-refractivity contribution in [3.8, 4) is 0 Å². The van der Waals surface area contributed by atoms with Crippen molar-refractivity contribution < 1.29 is 0 Å². The van der Waals surface area contributed by atoms with Gasteiger partial charge in [-0.15, -0.1) is 0 Å². The summed E-state index contributed by atoms with van der Waals surface area (Å²) in [5.41, 5.74) is 12.0. The van der Waals surface area contributed by atoms with Crippen molar-refractivity contribution in [2.24, 2.45) is 27.6 Å². The highest BCUT2D eigenvalue weighted by Crippen LogP contribution is 2.72. The molecule has 278 valence electrons. The molecule has 0 bridgehead atoms. The van der Waals surface area contributed by atoms with Crippen molar-refractivity contribution in [3.05, 3.63) is 202 Å². The highest BCUT2D eigenvalue weighted by atomic mass is 14.7. The van der Waals surface area contributed by atoms with E-state index < -0.39 is 5.41 Å². The van der Waals surface area contributed by atoms with Gasteiger partial charge in [-0.25, -0.2) is 0 Å². The van der Waals surface area contributed by atoms with E-state index in [4.69, 9.17) is 0 Å². The average Bonchev–Trinajstić information content (AvgIpc) is 3.17. The molecule has 0 aliphatic heterocycles. The first-order valence-corrected chi connectivity index (χ1v) is 20.7. The van der Waals surface area contributed by atoms with E-state index in [2.05, 4.69) is 207 Å². The van der Waals surface area contributed by atoms with Gasteiger partial charge in [-0.1, -0.05) is 216 Å². The van der Waals surface area contributed by atoms with E-state index in [0.29, 0.717) is 5.92 Å². The summed E-state index contributed by atoms with van der Waals surface area (Å²) in [7, 11) is 0. The van der Waals surface area contributed by atoms with Gasteiger partial charge in [0.05, 0.1) is 5.41 Å². The van der Waals surface area contributed by atoms with Gasteiger partial charge in [-0.05, 0) is 85.3 Å². The minimum absolute atomic E-state index is 0.205. The second-order valence-electron chi connectivity index (χ2n) is 17.6. The first kappa shape index (κ1) is 37.9. The van der Waals surface area contributed by atoms with E-state index in [1.165, 1.54) is 27.8 Å². The Morgan fingerprint density at radius 1 is 0.685 bits per heavy atom. The lowest BCUT2D eigenvalue weighted by Crippen LogP contribution is -2.58. The first-order chi connectivity index (χ1) is 26.0. The molecule has 0 spiro atoms. The molecule has 0 radical (unpaired) electrons. The summed E-state index contributed by atoms with van der Waals surface area (Å²) in [4.78, 5) is 0. The zero-order valence-electron chi connectivity index (χ0n) is 34.3. The molecule has 0 aromatic heterocycles. The fraction of sp³-hybridized carbons (Fsp3) is 0.370. The van der Waals surface area contributed by atoms with Crippen LogP contribution in [0.3, 0.4) is 0 Å². The summed E-state index contributed by atoms with van der Waals surface area (Å²) in [6, 6.07) is 35.0. The molecule has 0 heteroatoms. The van der Waals surface area contributed by atoms with Crippen molar-refractivity contribution in [3.63, 3.8) is 0 Å². The quantitative estimate of drug-likeness (QED) is 0.196. The second kappa shape index (κ2) is 14.7. The van der Waals surface area contributed by atoms with Crippen LogP contribution < -0.4 is 0 Å². The summed E-state index contributed by atoms with van der Waals surface area (Å²) in [5, 5.41) is 0. The topological polar surface area (TPSA) is 0 Å². The largest absolute Gasteiger partial charge is 0.0805 e. The van der Waals surface area contributed by atoms with E-state index in [1.807, 2.05) is 0 Å². The number of hydrogen-bond donors (Lipinski definition) is 0. The van der Waals surface area contributed by atoms with Crippen molar-refractivity contribution >= 4 is 0 Å². The second-order valence-corrected chi connectivity index (χ2v) is 17.6. The molecule has 0 fully saturated rings. The molecule has 54 heavy (non-hydrogen) atoms. The minimum Gasteiger partial charge on any atom is -0.0805 e. The van der Waals surface area contributed by atoms with Crippen LogP contribution in [0, 0.1) is 27.6 Å². The van der Waals surface area contributed by atoms with Gasteiger partial charge >= 0.3 is 0 Å². The van der Waals surface area contributed by atoms with Crippen LogP contribution >= 0.6 is 0 Å². The summed E-state index contributed by atoms with van der Waals surface area (Å²) in [5.74, 6) is 0.317. The highest BCUT2D eigenvalue weighted by molar-refractivity contribution is 5.69. The van der Waals surface area contributed by atoms with Crippen LogP contribution in [-0.4, -0.2) is 0 Å². The Kier molecular flexibility index (Phi) is 10.3. The van der Waals surface area contributed by atoms with Crippen LogP contribution in [0.1, 0.15) is 104 Å². The van der Waals surface area contributed by atoms with Crippen LogP contribution in [0.2, 0.25) is 0 Å². The Morgan fingerprint density at radius 2 is 1.31 bits per heavy atom. The lowest BCUT2D eigenvalue weighted by molar-refractivity contribution is 0.151. The maximum atomic E-state index is 2.60. The van der Waals surface area contributed by atoms with Crippen molar-refractivity contribution in [2.75, 3.05) is 0 Å². The lowest BCUT2D eigenvalue weighted by atomic mass is 9.38. The molecule has 0 heterocycles. The van der Waals surface area contributed by atoms with Crippen LogP contribution in [0.15, 0.2) is 185 Å². The minimum atomic E-state index is -0.450. The van der Waals surface area contributed by atoms with Crippen LogP contribution in [-0.2, 0) is 11.8 Å². The standard InChI is InChI=1S/C54H62/c1-9-33-53(39-43-25-14-11-15-26-43)49(51(7)34-22-23-41(4)38-51)48(50(6)36-31-40(3)32-37-50)47(52(8)35-21-20-24-42(52)5)46(10-2)54(53,44-27-16-12-17-28-44)45-29-18-13-19-30-45/h11-32,34-36,42H,9-10,33,37-39H2,1-8H3. The molecule has 0 saturated heterocycles. The Balaban J connectivity index is 1.82. The smallest absolute Gasteiger partial charge is 0.0514 e. The normalized spacial score (nSPS) is 30.4.